The Labute approximate surface area is 160 Å². The molecule has 5 rings (SSSR count). The maximum absolute atomic E-state index is 4.59. The first kappa shape index (κ1) is 16.6. The predicted octanol–water partition coefficient (Wildman–Crippen LogP) is 2.00. The van der Waals surface area contributed by atoms with E-state index in [1.165, 1.54) is 22.7 Å². The highest BCUT2D eigenvalue weighted by molar-refractivity contribution is 5.37. The van der Waals surface area contributed by atoms with Crippen LogP contribution in [-0.4, -0.2) is 52.1 Å². The molecule has 4 aliphatic heterocycles. The molecule has 1 aromatic rings. The van der Waals surface area contributed by atoms with Crippen LogP contribution in [0.2, 0.25) is 0 Å². The number of hydrazine groups is 1. The number of allylic oxidation sites excluding steroid dienone is 3. The highest BCUT2D eigenvalue weighted by Crippen LogP contribution is 2.29. The van der Waals surface area contributed by atoms with Gasteiger partial charge < -0.3 is 15.2 Å². The van der Waals surface area contributed by atoms with Crippen LogP contribution in [0.25, 0.3) is 0 Å². The van der Waals surface area contributed by atoms with Crippen molar-refractivity contribution >= 4 is 0 Å². The molecule has 2 atom stereocenters. The van der Waals surface area contributed by atoms with E-state index in [9.17, 15) is 0 Å². The standard InChI is InChI=1S/C21H26N6/c1-15-6-5-8-22-21(15)18-12-17-13-25(10-11-27(17)24-18)14-19-20-7-3-4-9-26(20)16(2)23-19/h3-9,12,16,18,23-24H,10-11,13-14H2,1-2H3. The van der Waals surface area contributed by atoms with Crippen molar-refractivity contribution < 1.29 is 0 Å². The SMILES string of the molecule is Cc1cccnc1C1C=C2CN(CC3=C4C=CC=CN4C(C)N3)CCN2N1. The quantitative estimate of drug-likeness (QED) is 0.858. The van der Waals surface area contributed by atoms with Crippen LogP contribution in [0.3, 0.4) is 0 Å². The van der Waals surface area contributed by atoms with Gasteiger partial charge in [0.1, 0.15) is 6.17 Å². The van der Waals surface area contributed by atoms with Gasteiger partial charge in [-0.15, -0.1) is 0 Å². The third kappa shape index (κ3) is 2.95. The molecule has 4 aliphatic rings. The van der Waals surface area contributed by atoms with Crippen molar-refractivity contribution in [2.75, 3.05) is 26.2 Å². The second kappa shape index (κ2) is 6.55. The number of hydrogen-bond donors (Lipinski definition) is 2. The van der Waals surface area contributed by atoms with Crippen molar-refractivity contribution in [3.63, 3.8) is 0 Å². The van der Waals surface area contributed by atoms with Gasteiger partial charge >= 0.3 is 0 Å². The third-order valence-electron chi connectivity index (χ3n) is 5.75. The van der Waals surface area contributed by atoms with Gasteiger partial charge in [-0.1, -0.05) is 12.1 Å². The zero-order chi connectivity index (χ0) is 18.4. The number of aryl methyl sites for hydroxylation is 1. The van der Waals surface area contributed by atoms with Gasteiger partial charge in [-0.3, -0.25) is 9.88 Å². The van der Waals surface area contributed by atoms with Crippen LogP contribution in [0, 0.1) is 6.92 Å². The molecule has 0 spiro atoms. The van der Waals surface area contributed by atoms with Gasteiger partial charge in [0.15, 0.2) is 0 Å². The van der Waals surface area contributed by atoms with Crippen LogP contribution in [0.5, 0.6) is 0 Å². The molecule has 140 valence electrons. The summed E-state index contributed by atoms with van der Waals surface area (Å²) in [4.78, 5) is 9.42. The fraction of sp³-hybridized carbons (Fsp3) is 0.381. The molecule has 27 heavy (non-hydrogen) atoms. The van der Waals surface area contributed by atoms with Gasteiger partial charge in [-0.2, -0.15) is 0 Å². The Morgan fingerprint density at radius 3 is 3.07 bits per heavy atom. The lowest BCUT2D eigenvalue weighted by atomic mass is 10.1. The zero-order valence-corrected chi connectivity index (χ0v) is 15.9. The first-order valence-electron chi connectivity index (χ1n) is 9.70. The van der Waals surface area contributed by atoms with E-state index in [0.29, 0.717) is 6.17 Å². The monoisotopic (exact) mass is 362 g/mol. The lowest BCUT2D eigenvalue weighted by Gasteiger charge is -2.35. The first-order valence-corrected chi connectivity index (χ1v) is 9.70. The van der Waals surface area contributed by atoms with Gasteiger partial charge in [0, 0.05) is 44.3 Å². The van der Waals surface area contributed by atoms with E-state index < -0.39 is 0 Å². The first-order chi connectivity index (χ1) is 13.2. The van der Waals surface area contributed by atoms with Crippen molar-refractivity contribution in [3.8, 4) is 0 Å². The van der Waals surface area contributed by atoms with Gasteiger partial charge in [0.25, 0.3) is 0 Å². The molecule has 0 saturated carbocycles. The maximum Gasteiger partial charge on any atom is 0.100 e. The van der Waals surface area contributed by atoms with Crippen LogP contribution >= 0.6 is 0 Å². The Morgan fingerprint density at radius 1 is 1.26 bits per heavy atom. The summed E-state index contributed by atoms with van der Waals surface area (Å²) in [6.07, 6.45) is 13.1. The summed E-state index contributed by atoms with van der Waals surface area (Å²) in [5.41, 5.74) is 9.94. The molecule has 0 aliphatic carbocycles. The highest BCUT2D eigenvalue weighted by Gasteiger charge is 2.32. The fourth-order valence-corrected chi connectivity index (χ4v) is 4.36. The second-order valence-corrected chi connectivity index (χ2v) is 7.62. The Balaban J connectivity index is 1.31. The van der Waals surface area contributed by atoms with Crippen molar-refractivity contribution in [2.45, 2.75) is 26.1 Å². The Kier molecular flexibility index (Phi) is 4.02. The van der Waals surface area contributed by atoms with E-state index in [1.54, 1.807) is 0 Å². The average molecular weight is 362 g/mol. The van der Waals surface area contributed by atoms with E-state index >= 15 is 0 Å². The lowest BCUT2D eigenvalue weighted by molar-refractivity contribution is 0.149. The van der Waals surface area contributed by atoms with E-state index in [2.05, 4.69) is 81.0 Å². The lowest BCUT2D eigenvalue weighted by Crippen LogP contribution is -2.48. The molecule has 0 bridgehead atoms. The largest absolute Gasteiger partial charge is 0.366 e. The summed E-state index contributed by atoms with van der Waals surface area (Å²) in [7, 11) is 0. The smallest absolute Gasteiger partial charge is 0.100 e. The summed E-state index contributed by atoms with van der Waals surface area (Å²) >= 11 is 0. The van der Waals surface area contributed by atoms with Crippen LogP contribution in [0.15, 0.2) is 65.9 Å². The molecular weight excluding hydrogens is 336 g/mol. The van der Waals surface area contributed by atoms with Crippen molar-refractivity contribution in [1.82, 2.24) is 30.5 Å². The van der Waals surface area contributed by atoms with Gasteiger partial charge in [0.05, 0.1) is 23.1 Å². The molecule has 6 heteroatoms. The van der Waals surface area contributed by atoms with Crippen LogP contribution in [0.1, 0.15) is 24.2 Å². The van der Waals surface area contributed by atoms with Crippen molar-refractivity contribution in [3.05, 3.63) is 77.2 Å². The minimum absolute atomic E-state index is 0.176. The van der Waals surface area contributed by atoms with Crippen LogP contribution < -0.4 is 10.7 Å². The van der Waals surface area contributed by atoms with E-state index in [0.717, 1.165) is 31.9 Å². The molecule has 6 nitrogen and oxygen atoms in total. The molecule has 1 fully saturated rings. The van der Waals surface area contributed by atoms with Crippen LogP contribution in [0.4, 0.5) is 0 Å². The average Bonchev–Trinajstić information content (AvgIpc) is 3.24. The van der Waals surface area contributed by atoms with Gasteiger partial charge in [-0.05, 0) is 43.7 Å². The Bertz CT molecular complexity index is 867. The number of piperazine rings is 1. The molecule has 5 heterocycles. The summed E-state index contributed by atoms with van der Waals surface area (Å²) in [5, 5.41) is 5.95. The summed E-state index contributed by atoms with van der Waals surface area (Å²) in [5.74, 6) is 0. The van der Waals surface area contributed by atoms with E-state index in [4.69, 9.17) is 0 Å². The number of nitrogens with zero attached hydrogens (tertiary/aromatic N) is 4. The summed E-state index contributed by atoms with van der Waals surface area (Å²) in [6, 6.07) is 4.30. The Hall–Kier alpha value is -2.57. The summed E-state index contributed by atoms with van der Waals surface area (Å²) in [6.45, 7) is 8.29. The van der Waals surface area contributed by atoms with E-state index in [1.807, 2.05) is 12.3 Å². The molecule has 0 aromatic carbocycles. The molecule has 2 N–H and O–H groups in total. The number of nitrogens with one attached hydrogen (secondary N) is 2. The molecule has 1 aromatic heterocycles. The number of hydrogen-bond acceptors (Lipinski definition) is 6. The zero-order valence-electron chi connectivity index (χ0n) is 15.9. The van der Waals surface area contributed by atoms with Gasteiger partial charge in [0.2, 0.25) is 0 Å². The number of aromatic nitrogens is 1. The van der Waals surface area contributed by atoms with Crippen molar-refractivity contribution in [1.29, 1.82) is 0 Å². The molecule has 0 amide bonds. The second-order valence-electron chi connectivity index (χ2n) is 7.62. The molecular formula is C21H26N6. The fourth-order valence-electron chi connectivity index (χ4n) is 4.36. The minimum Gasteiger partial charge on any atom is -0.366 e. The number of pyridine rings is 1. The van der Waals surface area contributed by atoms with Gasteiger partial charge in [-0.25, -0.2) is 5.43 Å². The molecule has 1 saturated heterocycles. The summed E-state index contributed by atoms with van der Waals surface area (Å²) < 4.78 is 0. The van der Waals surface area contributed by atoms with Crippen LogP contribution in [-0.2, 0) is 0 Å². The van der Waals surface area contributed by atoms with E-state index in [-0.39, 0.29) is 6.04 Å². The number of fused-ring (bicyclic) bond motifs is 2. The minimum atomic E-state index is 0.176. The third-order valence-corrected chi connectivity index (χ3v) is 5.75. The predicted molar refractivity (Wildman–Crippen MR) is 106 cm³/mol. The number of rotatable bonds is 3. The van der Waals surface area contributed by atoms with Crippen molar-refractivity contribution in [2.24, 2.45) is 0 Å². The topological polar surface area (TPSA) is 46.7 Å². The molecule has 0 radical (unpaired) electrons. The highest BCUT2D eigenvalue weighted by atomic mass is 15.6. The Morgan fingerprint density at radius 2 is 2.19 bits per heavy atom. The molecule has 2 unspecified atom stereocenters. The maximum atomic E-state index is 4.59. The normalized spacial score (nSPS) is 27.0.